The number of hydrogen-bond donors (Lipinski definition) is 0. The molecule has 0 spiro atoms. The summed E-state index contributed by atoms with van der Waals surface area (Å²) in [5.41, 5.74) is 1.14. The summed E-state index contributed by atoms with van der Waals surface area (Å²) in [5, 5.41) is 0. The molecule has 0 N–H and O–H groups in total. The summed E-state index contributed by atoms with van der Waals surface area (Å²) in [4.78, 5) is 39.0. The van der Waals surface area contributed by atoms with Crippen LogP contribution in [0.1, 0.15) is 23.7 Å². The maximum Gasteiger partial charge on any atom is 0.238 e. The van der Waals surface area contributed by atoms with Crippen LogP contribution < -0.4 is 9.64 Å². The van der Waals surface area contributed by atoms with Crippen molar-refractivity contribution in [1.82, 2.24) is 0 Å². The average molecular weight is 375 g/mol. The maximum atomic E-state index is 12.8. The number of carbonyl (C=O) groups is 3. The third-order valence-corrected chi connectivity index (χ3v) is 5.43. The van der Waals surface area contributed by atoms with Crippen LogP contribution in [0.5, 0.6) is 5.75 Å². The second-order valence-electron chi connectivity index (χ2n) is 7.24. The molecule has 28 heavy (non-hydrogen) atoms. The Morgan fingerprint density at radius 2 is 1.75 bits per heavy atom. The number of ether oxygens (including phenoxy) is 1. The number of hydrogen-bond acceptors (Lipinski definition) is 4. The van der Waals surface area contributed by atoms with Gasteiger partial charge in [-0.15, -0.1) is 0 Å². The number of rotatable bonds is 5. The lowest BCUT2D eigenvalue weighted by Crippen LogP contribution is -2.31. The van der Waals surface area contributed by atoms with Crippen LogP contribution in [-0.4, -0.2) is 24.2 Å². The van der Waals surface area contributed by atoms with Crippen LogP contribution in [0, 0.1) is 17.8 Å². The first-order chi connectivity index (χ1) is 13.6. The molecule has 2 amide bonds. The smallest absolute Gasteiger partial charge is 0.238 e. The average Bonchev–Trinajstić information content (AvgIpc) is 2.98. The van der Waals surface area contributed by atoms with Crippen molar-refractivity contribution in [2.75, 3.05) is 11.5 Å². The van der Waals surface area contributed by atoms with Crippen molar-refractivity contribution in [2.45, 2.75) is 13.3 Å². The molecule has 0 bridgehead atoms. The Morgan fingerprint density at radius 1 is 1.04 bits per heavy atom. The molecule has 0 aromatic heterocycles. The molecule has 2 aromatic carbocycles. The number of allylic oxidation sites excluding steroid dienone is 2. The highest BCUT2D eigenvalue weighted by molar-refractivity contribution is 6.22. The highest BCUT2D eigenvalue weighted by Gasteiger charge is 2.50. The van der Waals surface area contributed by atoms with E-state index in [-0.39, 0.29) is 42.0 Å². The van der Waals surface area contributed by atoms with Crippen molar-refractivity contribution in [1.29, 1.82) is 0 Å². The number of Topliss-reactive ketones (excluding diaryl/α,β-unsaturated/α-hetero) is 1. The van der Waals surface area contributed by atoms with Gasteiger partial charge in [0.15, 0.2) is 12.4 Å². The van der Waals surface area contributed by atoms with Gasteiger partial charge in [0.25, 0.3) is 0 Å². The summed E-state index contributed by atoms with van der Waals surface area (Å²) >= 11 is 0. The number of imide groups is 1. The molecule has 4 rings (SSSR count). The standard InChI is InChI=1S/C23H21NO4/c1-15-6-5-9-19-21(15)23(27)24(22(19)26)17-10-12-18(13-11-17)28-14-20(25)16-7-3-2-4-8-16/h2-8,10-13,15,19,21H,9,14H2,1H3/t15-,19-,21+/m1/s1. The molecular formula is C23H21NO4. The van der Waals surface area contributed by atoms with E-state index < -0.39 is 0 Å². The molecule has 1 aliphatic carbocycles. The van der Waals surface area contributed by atoms with E-state index in [1.807, 2.05) is 25.1 Å². The largest absolute Gasteiger partial charge is 0.485 e. The van der Waals surface area contributed by atoms with Gasteiger partial charge >= 0.3 is 0 Å². The summed E-state index contributed by atoms with van der Waals surface area (Å²) in [7, 11) is 0. The molecule has 1 aliphatic heterocycles. The maximum absolute atomic E-state index is 12.8. The fourth-order valence-corrected chi connectivity index (χ4v) is 3.95. The highest BCUT2D eigenvalue weighted by atomic mass is 16.5. The Balaban J connectivity index is 1.44. The van der Waals surface area contributed by atoms with Gasteiger partial charge in [0, 0.05) is 5.56 Å². The van der Waals surface area contributed by atoms with Crippen LogP contribution in [0.4, 0.5) is 5.69 Å². The van der Waals surface area contributed by atoms with Crippen LogP contribution in [0.3, 0.4) is 0 Å². The number of benzene rings is 2. The second kappa shape index (κ2) is 7.43. The summed E-state index contributed by atoms with van der Waals surface area (Å²) < 4.78 is 5.56. The number of fused-ring (bicyclic) bond motifs is 1. The molecule has 142 valence electrons. The van der Waals surface area contributed by atoms with Crippen molar-refractivity contribution in [2.24, 2.45) is 17.8 Å². The van der Waals surface area contributed by atoms with Gasteiger partial charge in [-0.05, 0) is 36.6 Å². The Kier molecular flexibility index (Phi) is 4.82. The molecule has 0 radical (unpaired) electrons. The SMILES string of the molecule is C[C@@H]1C=CC[C@H]2C(=O)N(c3ccc(OCC(=O)c4ccccc4)cc3)C(=O)[C@@H]12. The molecule has 3 atom stereocenters. The Hall–Kier alpha value is -3.21. The van der Waals surface area contributed by atoms with E-state index in [4.69, 9.17) is 4.74 Å². The normalized spacial score (nSPS) is 23.6. The van der Waals surface area contributed by atoms with E-state index in [1.54, 1.807) is 48.5 Å². The van der Waals surface area contributed by atoms with Crippen molar-refractivity contribution in [3.63, 3.8) is 0 Å². The van der Waals surface area contributed by atoms with Crippen molar-refractivity contribution >= 4 is 23.3 Å². The topological polar surface area (TPSA) is 63.7 Å². The van der Waals surface area contributed by atoms with Crippen LogP contribution in [0.25, 0.3) is 0 Å². The third-order valence-electron chi connectivity index (χ3n) is 5.43. The minimum Gasteiger partial charge on any atom is -0.485 e. The van der Waals surface area contributed by atoms with Gasteiger partial charge in [-0.25, -0.2) is 0 Å². The van der Waals surface area contributed by atoms with Gasteiger partial charge in [0.2, 0.25) is 11.8 Å². The van der Waals surface area contributed by atoms with Crippen molar-refractivity contribution < 1.29 is 19.1 Å². The van der Waals surface area contributed by atoms with Crippen LogP contribution in [0.15, 0.2) is 66.7 Å². The van der Waals surface area contributed by atoms with E-state index in [2.05, 4.69) is 0 Å². The summed E-state index contributed by atoms with van der Waals surface area (Å²) in [6.07, 6.45) is 4.61. The molecule has 0 saturated carbocycles. The van der Waals surface area contributed by atoms with Gasteiger partial charge in [0.1, 0.15) is 5.75 Å². The van der Waals surface area contributed by atoms with E-state index in [1.165, 1.54) is 4.90 Å². The highest BCUT2D eigenvalue weighted by Crippen LogP contribution is 2.40. The monoisotopic (exact) mass is 375 g/mol. The van der Waals surface area contributed by atoms with Gasteiger partial charge in [-0.1, -0.05) is 49.4 Å². The first-order valence-electron chi connectivity index (χ1n) is 9.42. The number of ketones is 1. The lowest BCUT2D eigenvalue weighted by Gasteiger charge is -2.22. The number of nitrogens with zero attached hydrogens (tertiary/aromatic N) is 1. The molecular weight excluding hydrogens is 354 g/mol. The van der Waals surface area contributed by atoms with Crippen LogP contribution in [-0.2, 0) is 9.59 Å². The fourth-order valence-electron chi connectivity index (χ4n) is 3.95. The molecule has 1 heterocycles. The Morgan fingerprint density at radius 3 is 2.43 bits per heavy atom. The van der Waals surface area contributed by atoms with E-state index in [0.717, 1.165) is 0 Å². The van der Waals surface area contributed by atoms with Crippen molar-refractivity contribution in [3.05, 3.63) is 72.3 Å². The summed E-state index contributed by atoms with van der Waals surface area (Å²) in [5.74, 6) is -0.366. The van der Waals surface area contributed by atoms with Crippen molar-refractivity contribution in [3.8, 4) is 5.75 Å². The van der Waals surface area contributed by atoms with E-state index in [9.17, 15) is 14.4 Å². The number of carbonyl (C=O) groups excluding carboxylic acids is 3. The molecule has 2 aromatic rings. The summed E-state index contributed by atoms with van der Waals surface area (Å²) in [6.45, 7) is 1.90. The first kappa shape index (κ1) is 18.2. The van der Waals surface area contributed by atoms with Gasteiger partial charge in [-0.3, -0.25) is 19.3 Å². The minimum atomic E-state index is -0.281. The number of amides is 2. The molecule has 2 aliphatic rings. The van der Waals surface area contributed by atoms with Gasteiger partial charge < -0.3 is 4.74 Å². The molecule has 5 nitrogen and oxygen atoms in total. The zero-order valence-electron chi connectivity index (χ0n) is 15.6. The molecule has 5 heteroatoms. The van der Waals surface area contributed by atoms with Crippen LogP contribution >= 0.6 is 0 Å². The predicted octanol–water partition coefficient (Wildman–Crippen LogP) is 3.65. The molecule has 0 unspecified atom stereocenters. The minimum absolute atomic E-state index is 0.0619. The lowest BCUT2D eigenvalue weighted by atomic mass is 9.78. The van der Waals surface area contributed by atoms with Gasteiger partial charge in [0.05, 0.1) is 17.5 Å². The van der Waals surface area contributed by atoms with E-state index in [0.29, 0.717) is 23.4 Å². The predicted molar refractivity (Wildman–Crippen MR) is 105 cm³/mol. The number of anilines is 1. The first-order valence-corrected chi connectivity index (χ1v) is 9.42. The zero-order valence-corrected chi connectivity index (χ0v) is 15.6. The Labute approximate surface area is 163 Å². The zero-order chi connectivity index (χ0) is 19.7. The lowest BCUT2D eigenvalue weighted by molar-refractivity contribution is -0.122. The van der Waals surface area contributed by atoms with Crippen LogP contribution in [0.2, 0.25) is 0 Å². The van der Waals surface area contributed by atoms with E-state index >= 15 is 0 Å². The molecule has 1 saturated heterocycles. The second-order valence-corrected chi connectivity index (χ2v) is 7.24. The summed E-state index contributed by atoms with van der Waals surface area (Å²) in [6, 6.07) is 15.7. The third kappa shape index (κ3) is 3.24. The Bertz CT molecular complexity index is 933. The fraction of sp³-hybridized carbons (Fsp3) is 0.261. The van der Waals surface area contributed by atoms with Gasteiger partial charge in [-0.2, -0.15) is 0 Å². The molecule has 1 fully saturated rings. The quantitative estimate of drug-likeness (QED) is 0.455.